The Hall–Kier alpha value is -2.27. The van der Waals surface area contributed by atoms with E-state index in [2.05, 4.69) is 10.3 Å². The summed E-state index contributed by atoms with van der Waals surface area (Å²) in [5.41, 5.74) is 2.00. The lowest BCUT2D eigenvalue weighted by atomic mass is 10.0. The average Bonchev–Trinajstić information content (AvgIpc) is 2.63. The molecule has 2 heterocycles. The van der Waals surface area contributed by atoms with E-state index in [9.17, 15) is 0 Å². The Kier molecular flexibility index (Phi) is 5.76. The number of nitrogens with one attached hydrogen (secondary N) is 1. The maximum absolute atomic E-state index is 6.03. The van der Waals surface area contributed by atoms with Gasteiger partial charge in [0.1, 0.15) is 0 Å². The number of aryl methyl sites for hydroxylation is 2. The fraction of sp³-hybridized carbons (Fsp3) is 0.450. The number of hydrogen-bond acceptors (Lipinski definition) is 5. The van der Waals surface area contributed by atoms with Crippen LogP contribution in [0.2, 0.25) is 0 Å². The molecule has 0 saturated carbocycles. The Labute approximate surface area is 149 Å². The zero-order chi connectivity index (χ0) is 17.6. The molecule has 0 aliphatic carbocycles. The SMILES string of the molecule is COc1cc(C)ccc1Oc1nc(C)ccc1OCC1CCCNC1. The van der Waals surface area contributed by atoms with Crippen LogP contribution in [0.4, 0.5) is 0 Å². The summed E-state index contributed by atoms with van der Waals surface area (Å²) in [6, 6.07) is 9.69. The van der Waals surface area contributed by atoms with Gasteiger partial charge in [-0.05, 0) is 63.1 Å². The lowest BCUT2D eigenvalue weighted by molar-refractivity contribution is 0.211. The second kappa shape index (κ2) is 8.21. The Morgan fingerprint density at radius 3 is 2.72 bits per heavy atom. The molecule has 134 valence electrons. The van der Waals surface area contributed by atoms with Gasteiger partial charge in [0, 0.05) is 18.2 Å². The Morgan fingerprint density at radius 1 is 1.12 bits per heavy atom. The molecule has 1 atom stereocenters. The standard InChI is InChI=1S/C20H26N2O3/c1-14-6-8-17(19(11-14)23-3)25-20-18(9-7-15(2)22-20)24-13-16-5-4-10-21-12-16/h6-9,11,16,21H,4-5,10,12-13H2,1-3H3. The summed E-state index contributed by atoms with van der Waals surface area (Å²) >= 11 is 0. The van der Waals surface area contributed by atoms with Crippen molar-refractivity contribution in [3.05, 3.63) is 41.6 Å². The van der Waals surface area contributed by atoms with E-state index >= 15 is 0 Å². The van der Waals surface area contributed by atoms with Crippen molar-refractivity contribution < 1.29 is 14.2 Å². The van der Waals surface area contributed by atoms with E-state index in [1.807, 2.05) is 44.2 Å². The van der Waals surface area contributed by atoms with Gasteiger partial charge in [-0.1, -0.05) is 6.07 Å². The third-order valence-corrected chi connectivity index (χ3v) is 4.36. The summed E-state index contributed by atoms with van der Waals surface area (Å²) in [7, 11) is 1.64. The highest BCUT2D eigenvalue weighted by Gasteiger charge is 2.17. The van der Waals surface area contributed by atoms with Crippen LogP contribution >= 0.6 is 0 Å². The van der Waals surface area contributed by atoms with Crippen LogP contribution in [0.25, 0.3) is 0 Å². The summed E-state index contributed by atoms with van der Waals surface area (Å²) in [4.78, 5) is 4.51. The number of aromatic nitrogens is 1. The van der Waals surface area contributed by atoms with Crippen molar-refractivity contribution in [2.24, 2.45) is 5.92 Å². The van der Waals surface area contributed by atoms with Crippen molar-refractivity contribution in [3.8, 4) is 23.1 Å². The van der Waals surface area contributed by atoms with Gasteiger partial charge in [-0.15, -0.1) is 0 Å². The third-order valence-electron chi connectivity index (χ3n) is 4.36. The molecule has 0 radical (unpaired) electrons. The predicted molar refractivity (Wildman–Crippen MR) is 97.9 cm³/mol. The van der Waals surface area contributed by atoms with Crippen molar-refractivity contribution in [2.45, 2.75) is 26.7 Å². The van der Waals surface area contributed by atoms with E-state index in [4.69, 9.17) is 14.2 Å². The molecule has 1 unspecified atom stereocenters. The first-order chi connectivity index (χ1) is 12.2. The number of rotatable bonds is 6. The summed E-state index contributed by atoms with van der Waals surface area (Å²) in [6.07, 6.45) is 2.39. The second-order valence-corrected chi connectivity index (χ2v) is 6.54. The number of piperidine rings is 1. The van der Waals surface area contributed by atoms with Gasteiger partial charge in [0.15, 0.2) is 17.2 Å². The molecule has 25 heavy (non-hydrogen) atoms. The molecule has 0 spiro atoms. The molecule has 3 rings (SSSR count). The van der Waals surface area contributed by atoms with Gasteiger partial charge < -0.3 is 19.5 Å². The smallest absolute Gasteiger partial charge is 0.262 e. The summed E-state index contributed by atoms with van der Waals surface area (Å²) in [6.45, 7) is 6.72. The minimum absolute atomic E-state index is 0.478. The largest absolute Gasteiger partial charge is 0.493 e. The molecule has 1 saturated heterocycles. The molecule has 0 bridgehead atoms. The van der Waals surface area contributed by atoms with Crippen molar-refractivity contribution in [3.63, 3.8) is 0 Å². The Balaban J connectivity index is 1.77. The maximum atomic E-state index is 6.03. The molecular weight excluding hydrogens is 316 g/mol. The highest BCUT2D eigenvalue weighted by Crippen LogP contribution is 2.36. The lowest BCUT2D eigenvalue weighted by Crippen LogP contribution is -2.33. The number of benzene rings is 1. The number of nitrogens with zero attached hydrogens (tertiary/aromatic N) is 1. The van der Waals surface area contributed by atoms with Crippen LogP contribution in [0.15, 0.2) is 30.3 Å². The van der Waals surface area contributed by atoms with Crippen LogP contribution in [-0.2, 0) is 0 Å². The molecular formula is C20H26N2O3. The monoisotopic (exact) mass is 342 g/mol. The van der Waals surface area contributed by atoms with Gasteiger partial charge in [-0.2, -0.15) is 0 Å². The zero-order valence-electron chi connectivity index (χ0n) is 15.2. The predicted octanol–water partition coefficient (Wildman–Crippen LogP) is 3.88. The fourth-order valence-corrected chi connectivity index (χ4v) is 2.94. The van der Waals surface area contributed by atoms with E-state index in [0.29, 0.717) is 35.7 Å². The molecule has 0 amide bonds. The van der Waals surface area contributed by atoms with Gasteiger partial charge >= 0.3 is 0 Å². The number of hydrogen-bond donors (Lipinski definition) is 1. The number of methoxy groups -OCH3 is 1. The van der Waals surface area contributed by atoms with Gasteiger partial charge in [-0.3, -0.25) is 0 Å². The highest BCUT2D eigenvalue weighted by molar-refractivity contribution is 5.46. The number of ether oxygens (including phenoxy) is 3. The Morgan fingerprint density at radius 2 is 1.96 bits per heavy atom. The van der Waals surface area contributed by atoms with Crippen LogP contribution in [0, 0.1) is 19.8 Å². The first kappa shape index (κ1) is 17.5. The van der Waals surface area contributed by atoms with Crippen LogP contribution in [0.3, 0.4) is 0 Å². The molecule has 2 aromatic rings. The van der Waals surface area contributed by atoms with Crippen molar-refractivity contribution in [1.29, 1.82) is 0 Å². The van der Waals surface area contributed by atoms with Gasteiger partial charge in [0.25, 0.3) is 5.88 Å². The van der Waals surface area contributed by atoms with E-state index < -0.39 is 0 Å². The topological polar surface area (TPSA) is 52.6 Å². The lowest BCUT2D eigenvalue weighted by Gasteiger charge is -2.23. The minimum Gasteiger partial charge on any atom is -0.493 e. The molecule has 1 aliphatic rings. The van der Waals surface area contributed by atoms with Gasteiger partial charge in [0.2, 0.25) is 0 Å². The van der Waals surface area contributed by atoms with Crippen LogP contribution < -0.4 is 19.5 Å². The maximum Gasteiger partial charge on any atom is 0.262 e. The van der Waals surface area contributed by atoms with E-state index in [-0.39, 0.29) is 0 Å². The summed E-state index contributed by atoms with van der Waals surface area (Å²) in [5, 5.41) is 3.41. The van der Waals surface area contributed by atoms with Crippen LogP contribution in [-0.4, -0.2) is 31.8 Å². The molecule has 1 aliphatic heterocycles. The normalized spacial score (nSPS) is 17.2. The van der Waals surface area contributed by atoms with Crippen molar-refractivity contribution in [2.75, 3.05) is 26.8 Å². The minimum atomic E-state index is 0.478. The molecule has 1 N–H and O–H groups in total. The highest BCUT2D eigenvalue weighted by atomic mass is 16.5. The molecule has 5 nitrogen and oxygen atoms in total. The third kappa shape index (κ3) is 4.63. The molecule has 1 fully saturated rings. The van der Waals surface area contributed by atoms with Crippen molar-refractivity contribution >= 4 is 0 Å². The fourth-order valence-electron chi connectivity index (χ4n) is 2.94. The second-order valence-electron chi connectivity index (χ2n) is 6.54. The van der Waals surface area contributed by atoms with Crippen LogP contribution in [0.5, 0.6) is 23.1 Å². The van der Waals surface area contributed by atoms with Gasteiger partial charge in [0.05, 0.1) is 13.7 Å². The first-order valence-corrected chi connectivity index (χ1v) is 8.79. The summed E-state index contributed by atoms with van der Waals surface area (Å²) in [5.74, 6) is 2.99. The Bertz CT molecular complexity index is 712. The molecule has 1 aromatic heterocycles. The van der Waals surface area contributed by atoms with Crippen LogP contribution in [0.1, 0.15) is 24.1 Å². The van der Waals surface area contributed by atoms with E-state index in [1.165, 1.54) is 12.8 Å². The molecule has 1 aromatic carbocycles. The summed E-state index contributed by atoms with van der Waals surface area (Å²) < 4.78 is 17.5. The van der Waals surface area contributed by atoms with E-state index in [0.717, 1.165) is 24.3 Å². The van der Waals surface area contributed by atoms with E-state index in [1.54, 1.807) is 7.11 Å². The first-order valence-electron chi connectivity index (χ1n) is 8.79. The van der Waals surface area contributed by atoms with Gasteiger partial charge in [-0.25, -0.2) is 4.98 Å². The van der Waals surface area contributed by atoms with Crippen molar-refractivity contribution in [1.82, 2.24) is 10.3 Å². The zero-order valence-corrected chi connectivity index (χ0v) is 15.2. The average molecular weight is 342 g/mol. The number of pyridine rings is 1. The quantitative estimate of drug-likeness (QED) is 0.863. The molecule has 5 heteroatoms.